The molecular weight excluding hydrogens is 370 g/mol. The molecule has 0 saturated carbocycles. The summed E-state index contributed by atoms with van der Waals surface area (Å²) < 4.78 is 1.02. The Bertz CT molecular complexity index is 746. The number of hydrogen-bond acceptors (Lipinski definition) is 2. The molecule has 0 atom stereocenters. The fourth-order valence-electron chi connectivity index (χ4n) is 2.62. The second kappa shape index (κ2) is 7.49. The van der Waals surface area contributed by atoms with Crippen LogP contribution in [0.4, 0.5) is 16.2 Å². The summed E-state index contributed by atoms with van der Waals surface area (Å²) in [5.41, 5.74) is 2.68. The lowest BCUT2D eigenvalue weighted by molar-refractivity contribution is -0.116. The largest absolute Gasteiger partial charge is 0.336 e. The summed E-state index contributed by atoms with van der Waals surface area (Å²) in [6.07, 6.45) is 1.12. The molecule has 5 nitrogen and oxygen atoms in total. The summed E-state index contributed by atoms with van der Waals surface area (Å²) in [6, 6.07) is 15.2. The number of hydrogen-bond donors (Lipinski definition) is 2. The van der Waals surface area contributed by atoms with Crippen molar-refractivity contribution in [1.82, 2.24) is 5.32 Å². The minimum atomic E-state index is -0.0826. The van der Waals surface area contributed by atoms with Gasteiger partial charge < -0.3 is 10.6 Å². The van der Waals surface area contributed by atoms with Crippen LogP contribution in [-0.2, 0) is 11.2 Å². The Morgan fingerprint density at radius 2 is 2.00 bits per heavy atom. The SMILES string of the molecule is O=C(CCc1cccc(Br)c1)Nc1ccc(N2CCNC2=O)cc1. The van der Waals surface area contributed by atoms with Crippen molar-refractivity contribution in [1.29, 1.82) is 0 Å². The van der Waals surface area contributed by atoms with Gasteiger partial charge >= 0.3 is 6.03 Å². The first-order valence-corrected chi connectivity index (χ1v) is 8.61. The van der Waals surface area contributed by atoms with E-state index in [2.05, 4.69) is 26.6 Å². The van der Waals surface area contributed by atoms with Crippen molar-refractivity contribution in [3.05, 3.63) is 58.6 Å². The first-order valence-electron chi connectivity index (χ1n) is 7.81. The number of benzene rings is 2. The van der Waals surface area contributed by atoms with Crippen molar-refractivity contribution in [2.75, 3.05) is 23.3 Å². The average molecular weight is 388 g/mol. The minimum absolute atomic E-state index is 0.0263. The first-order chi connectivity index (χ1) is 11.6. The number of rotatable bonds is 5. The lowest BCUT2D eigenvalue weighted by atomic mass is 10.1. The topological polar surface area (TPSA) is 61.4 Å². The van der Waals surface area contributed by atoms with E-state index in [1.54, 1.807) is 4.90 Å². The molecule has 1 heterocycles. The van der Waals surface area contributed by atoms with E-state index in [0.29, 0.717) is 25.9 Å². The van der Waals surface area contributed by atoms with Crippen LogP contribution >= 0.6 is 15.9 Å². The summed E-state index contributed by atoms with van der Waals surface area (Å²) in [5.74, 6) is -0.0263. The Hall–Kier alpha value is -2.34. The van der Waals surface area contributed by atoms with E-state index in [1.807, 2.05) is 48.5 Å². The van der Waals surface area contributed by atoms with E-state index in [1.165, 1.54) is 0 Å². The maximum atomic E-state index is 12.1. The molecule has 0 bridgehead atoms. The van der Waals surface area contributed by atoms with Crippen LogP contribution in [-0.4, -0.2) is 25.0 Å². The van der Waals surface area contributed by atoms with Gasteiger partial charge in [-0.1, -0.05) is 28.1 Å². The Labute approximate surface area is 149 Å². The van der Waals surface area contributed by atoms with Gasteiger partial charge in [0.05, 0.1) is 0 Å². The normalized spacial score (nSPS) is 13.7. The van der Waals surface area contributed by atoms with Gasteiger partial charge in [0.15, 0.2) is 0 Å². The number of urea groups is 1. The standard InChI is InChI=1S/C18H18BrN3O2/c19-14-3-1-2-13(12-14)4-9-17(23)21-15-5-7-16(8-6-15)22-11-10-20-18(22)24/h1-3,5-8,12H,4,9-11H2,(H,20,24)(H,21,23). The van der Waals surface area contributed by atoms with E-state index >= 15 is 0 Å². The third-order valence-corrected chi connectivity index (χ3v) is 4.34. The van der Waals surface area contributed by atoms with Gasteiger partial charge in [-0.3, -0.25) is 9.69 Å². The second-order valence-corrected chi connectivity index (χ2v) is 6.52. The molecule has 0 unspecified atom stereocenters. The smallest absolute Gasteiger partial charge is 0.321 e. The predicted molar refractivity (Wildman–Crippen MR) is 98.3 cm³/mol. The molecule has 0 spiro atoms. The van der Waals surface area contributed by atoms with Crippen LogP contribution in [0.1, 0.15) is 12.0 Å². The van der Waals surface area contributed by atoms with Gasteiger partial charge in [0.2, 0.25) is 5.91 Å². The molecule has 1 fully saturated rings. The van der Waals surface area contributed by atoms with Crippen molar-refractivity contribution < 1.29 is 9.59 Å². The highest BCUT2D eigenvalue weighted by atomic mass is 79.9. The van der Waals surface area contributed by atoms with Crippen molar-refractivity contribution in [2.24, 2.45) is 0 Å². The third kappa shape index (κ3) is 4.14. The predicted octanol–water partition coefficient (Wildman–Crippen LogP) is 3.55. The van der Waals surface area contributed by atoms with Gasteiger partial charge in [-0.15, -0.1) is 0 Å². The fraction of sp³-hybridized carbons (Fsp3) is 0.222. The van der Waals surface area contributed by atoms with Crippen LogP contribution in [0.15, 0.2) is 53.0 Å². The van der Waals surface area contributed by atoms with Crippen LogP contribution in [0.25, 0.3) is 0 Å². The second-order valence-electron chi connectivity index (χ2n) is 5.61. The number of anilines is 2. The molecule has 6 heteroatoms. The minimum Gasteiger partial charge on any atom is -0.336 e. The molecule has 2 aromatic rings. The van der Waals surface area contributed by atoms with Gasteiger partial charge in [-0.25, -0.2) is 4.79 Å². The van der Waals surface area contributed by atoms with E-state index in [4.69, 9.17) is 0 Å². The van der Waals surface area contributed by atoms with Gasteiger partial charge in [-0.2, -0.15) is 0 Å². The fourth-order valence-corrected chi connectivity index (χ4v) is 3.06. The Morgan fingerprint density at radius 3 is 2.67 bits per heavy atom. The summed E-state index contributed by atoms with van der Waals surface area (Å²) >= 11 is 3.43. The van der Waals surface area contributed by atoms with Gasteiger partial charge in [0.25, 0.3) is 0 Å². The molecule has 1 aliphatic rings. The molecule has 0 aliphatic carbocycles. The summed E-state index contributed by atoms with van der Waals surface area (Å²) in [5, 5.41) is 5.65. The number of amides is 3. The first kappa shape index (κ1) is 16.5. The molecule has 1 aliphatic heterocycles. The third-order valence-electron chi connectivity index (χ3n) is 3.85. The monoisotopic (exact) mass is 387 g/mol. The molecule has 24 heavy (non-hydrogen) atoms. The molecule has 124 valence electrons. The van der Waals surface area contributed by atoms with E-state index in [9.17, 15) is 9.59 Å². The molecule has 0 radical (unpaired) electrons. The Balaban J connectivity index is 1.53. The number of aryl methyl sites for hydroxylation is 1. The maximum Gasteiger partial charge on any atom is 0.321 e. The molecule has 0 aromatic heterocycles. The van der Waals surface area contributed by atoms with Gasteiger partial charge in [0, 0.05) is 35.4 Å². The van der Waals surface area contributed by atoms with Crippen LogP contribution in [0.5, 0.6) is 0 Å². The highest BCUT2D eigenvalue weighted by molar-refractivity contribution is 9.10. The number of halogens is 1. The molecule has 2 aromatic carbocycles. The lowest BCUT2D eigenvalue weighted by Gasteiger charge is -2.14. The summed E-state index contributed by atoms with van der Waals surface area (Å²) in [7, 11) is 0. The lowest BCUT2D eigenvalue weighted by Crippen LogP contribution is -2.27. The van der Waals surface area contributed by atoms with Crippen LogP contribution < -0.4 is 15.5 Å². The Kier molecular flexibility index (Phi) is 5.15. The zero-order valence-corrected chi connectivity index (χ0v) is 14.7. The van der Waals surface area contributed by atoms with E-state index < -0.39 is 0 Å². The summed E-state index contributed by atoms with van der Waals surface area (Å²) in [4.78, 5) is 25.4. The van der Waals surface area contributed by atoms with Gasteiger partial charge in [-0.05, 0) is 48.4 Å². The van der Waals surface area contributed by atoms with Crippen molar-refractivity contribution in [3.63, 3.8) is 0 Å². The van der Waals surface area contributed by atoms with Crippen LogP contribution in [0.2, 0.25) is 0 Å². The quantitative estimate of drug-likeness (QED) is 0.823. The van der Waals surface area contributed by atoms with E-state index in [0.717, 1.165) is 21.4 Å². The molecule has 2 N–H and O–H groups in total. The number of carbonyl (C=O) groups excluding carboxylic acids is 2. The van der Waals surface area contributed by atoms with Crippen LogP contribution in [0, 0.1) is 0 Å². The van der Waals surface area contributed by atoms with Crippen LogP contribution in [0.3, 0.4) is 0 Å². The zero-order valence-electron chi connectivity index (χ0n) is 13.1. The number of carbonyl (C=O) groups is 2. The average Bonchev–Trinajstić information content (AvgIpc) is 3.00. The number of nitrogens with zero attached hydrogens (tertiary/aromatic N) is 1. The molecular formula is C18H18BrN3O2. The number of nitrogens with one attached hydrogen (secondary N) is 2. The van der Waals surface area contributed by atoms with Crippen molar-refractivity contribution >= 4 is 39.2 Å². The molecule has 1 saturated heterocycles. The highest BCUT2D eigenvalue weighted by Crippen LogP contribution is 2.20. The Morgan fingerprint density at radius 1 is 1.21 bits per heavy atom. The molecule has 3 rings (SSSR count). The van der Waals surface area contributed by atoms with Gasteiger partial charge in [0.1, 0.15) is 0 Å². The van der Waals surface area contributed by atoms with Crippen molar-refractivity contribution in [3.8, 4) is 0 Å². The maximum absolute atomic E-state index is 12.1. The summed E-state index contributed by atoms with van der Waals surface area (Å²) in [6.45, 7) is 1.32. The molecule has 3 amide bonds. The highest BCUT2D eigenvalue weighted by Gasteiger charge is 2.20. The van der Waals surface area contributed by atoms with Crippen molar-refractivity contribution in [2.45, 2.75) is 12.8 Å². The van der Waals surface area contributed by atoms with E-state index in [-0.39, 0.29) is 11.9 Å². The zero-order chi connectivity index (χ0) is 16.9.